The zero-order chi connectivity index (χ0) is 15.1. The van der Waals surface area contributed by atoms with E-state index in [0.29, 0.717) is 27.7 Å². The minimum absolute atomic E-state index is 0.126. The molecule has 0 aromatic carbocycles. The first-order valence-electron chi connectivity index (χ1n) is 6.18. The highest BCUT2D eigenvalue weighted by Gasteiger charge is 2.39. The number of halogens is 2. The van der Waals surface area contributed by atoms with Crippen molar-refractivity contribution in [3.63, 3.8) is 0 Å². The minimum atomic E-state index is -3.53. The minimum Gasteiger partial charge on any atom is -0.370 e. The predicted octanol–water partition coefficient (Wildman–Crippen LogP) is 3.44. The van der Waals surface area contributed by atoms with Gasteiger partial charge in [0, 0.05) is 18.0 Å². The first-order valence-corrected chi connectivity index (χ1v) is 9.76. The van der Waals surface area contributed by atoms with Crippen LogP contribution in [0.15, 0.2) is 14.7 Å². The zero-order valence-electron chi connectivity index (χ0n) is 11.5. The molecule has 1 atom stereocenters. The van der Waals surface area contributed by atoms with Crippen LogP contribution < -0.4 is 0 Å². The van der Waals surface area contributed by atoms with E-state index in [1.165, 1.54) is 15.6 Å². The summed E-state index contributed by atoms with van der Waals surface area (Å²) < 4.78 is 33.4. The fourth-order valence-electron chi connectivity index (χ4n) is 2.36. The molecule has 1 fully saturated rings. The van der Waals surface area contributed by atoms with E-state index in [-0.39, 0.29) is 6.10 Å². The quantitative estimate of drug-likeness (QED) is 0.728. The van der Waals surface area contributed by atoms with Crippen molar-refractivity contribution in [1.29, 1.82) is 0 Å². The maximum Gasteiger partial charge on any atom is 0.245 e. The molecule has 1 aromatic heterocycles. The van der Waals surface area contributed by atoms with Crippen molar-refractivity contribution in [3.8, 4) is 0 Å². The predicted molar refractivity (Wildman–Crippen MR) is 85.0 cm³/mol. The summed E-state index contributed by atoms with van der Waals surface area (Å²) in [6, 6.07) is 1.64. The summed E-state index contributed by atoms with van der Waals surface area (Å²) in [5, 5.41) is 0. The molecule has 1 saturated heterocycles. The molecular formula is C12H17BrClNO3S2. The molecule has 114 valence electrons. The molecular weight excluding hydrogens is 386 g/mol. The Kier molecular flexibility index (Phi) is 4.89. The van der Waals surface area contributed by atoms with E-state index < -0.39 is 15.6 Å². The van der Waals surface area contributed by atoms with E-state index in [0.717, 1.165) is 4.88 Å². The average molecular weight is 403 g/mol. The van der Waals surface area contributed by atoms with Gasteiger partial charge in [-0.15, -0.1) is 22.9 Å². The summed E-state index contributed by atoms with van der Waals surface area (Å²) in [6.45, 7) is 6.40. The Bertz CT molecular complexity index is 600. The van der Waals surface area contributed by atoms with Gasteiger partial charge in [0.05, 0.1) is 21.4 Å². The molecule has 0 amide bonds. The van der Waals surface area contributed by atoms with E-state index in [2.05, 4.69) is 15.9 Å². The largest absolute Gasteiger partial charge is 0.370 e. The number of morpholine rings is 1. The Labute approximate surface area is 137 Å². The van der Waals surface area contributed by atoms with Gasteiger partial charge in [-0.05, 0) is 42.8 Å². The van der Waals surface area contributed by atoms with Gasteiger partial charge in [-0.2, -0.15) is 4.31 Å². The molecule has 20 heavy (non-hydrogen) atoms. The Morgan fingerprint density at radius 3 is 2.75 bits per heavy atom. The van der Waals surface area contributed by atoms with E-state index in [9.17, 15) is 8.42 Å². The van der Waals surface area contributed by atoms with Crippen LogP contribution in [0.1, 0.15) is 25.6 Å². The Morgan fingerprint density at radius 1 is 1.60 bits per heavy atom. The number of alkyl halides is 1. The third-order valence-electron chi connectivity index (χ3n) is 2.99. The van der Waals surface area contributed by atoms with Crippen molar-refractivity contribution >= 4 is 48.9 Å². The number of thiophene rings is 1. The van der Waals surface area contributed by atoms with Crippen LogP contribution in [-0.4, -0.2) is 37.5 Å². The summed E-state index contributed by atoms with van der Waals surface area (Å²) in [7, 11) is -3.53. The molecule has 2 rings (SSSR count). The van der Waals surface area contributed by atoms with Crippen LogP contribution in [0.3, 0.4) is 0 Å². The Morgan fingerprint density at radius 2 is 2.25 bits per heavy atom. The maximum atomic E-state index is 12.8. The van der Waals surface area contributed by atoms with E-state index in [1.807, 2.05) is 20.8 Å². The summed E-state index contributed by atoms with van der Waals surface area (Å²) >= 11 is 10.5. The van der Waals surface area contributed by atoms with Gasteiger partial charge in [0.2, 0.25) is 10.0 Å². The second kappa shape index (κ2) is 5.85. The van der Waals surface area contributed by atoms with Crippen molar-refractivity contribution in [2.75, 3.05) is 13.1 Å². The van der Waals surface area contributed by atoms with E-state index in [4.69, 9.17) is 16.3 Å². The molecule has 1 aromatic rings. The average Bonchev–Trinajstić information content (AvgIpc) is 2.68. The second-order valence-corrected chi connectivity index (χ2v) is 10.1. The van der Waals surface area contributed by atoms with Crippen LogP contribution in [0, 0.1) is 0 Å². The molecule has 2 heterocycles. The van der Waals surface area contributed by atoms with Crippen LogP contribution in [-0.2, 0) is 20.6 Å². The summed E-state index contributed by atoms with van der Waals surface area (Å²) in [5.41, 5.74) is -0.484. The molecule has 1 unspecified atom stereocenters. The number of sulfonamides is 1. The fraction of sp³-hybridized carbons (Fsp3) is 0.667. The van der Waals surface area contributed by atoms with Gasteiger partial charge < -0.3 is 4.74 Å². The van der Waals surface area contributed by atoms with Gasteiger partial charge in [0.1, 0.15) is 4.90 Å². The lowest BCUT2D eigenvalue weighted by Gasteiger charge is -2.40. The Balaban J connectivity index is 2.36. The normalized spacial score (nSPS) is 23.9. The molecule has 0 aliphatic carbocycles. The van der Waals surface area contributed by atoms with Crippen molar-refractivity contribution in [1.82, 2.24) is 4.31 Å². The first-order chi connectivity index (χ1) is 9.15. The summed E-state index contributed by atoms with van der Waals surface area (Å²) in [6.07, 6.45) is -0.126. The monoisotopic (exact) mass is 401 g/mol. The van der Waals surface area contributed by atoms with Crippen molar-refractivity contribution < 1.29 is 13.2 Å². The number of hydrogen-bond acceptors (Lipinski definition) is 4. The van der Waals surface area contributed by atoms with Crippen molar-refractivity contribution in [2.24, 2.45) is 0 Å². The lowest BCUT2D eigenvalue weighted by atomic mass is 10.1. The smallest absolute Gasteiger partial charge is 0.245 e. The molecule has 0 saturated carbocycles. The fourth-order valence-corrected chi connectivity index (χ4v) is 6.75. The molecule has 4 nitrogen and oxygen atoms in total. The highest BCUT2D eigenvalue weighted by molar-refractivity contribution is 9.11. The summed E-state index contributed by atoms with van der Waals surface area (Å²) in [4.78, 5) is 1.13. The van der Waals surface area contributed by atoms with Crippen LogP contribution in [0.25, 0.3) is 0 Å². The van der Waals surface area contributed by atoms with Crippen LogP contribution >= 0.6 is 38.9 Å². The van der Waals surface area contributed by atoms with Crippen LogP contribution in [0.2, 0.25) is 0 Å². The molecule has 0 radical (unpaired) electrons. The third kappa shape index (κ3) is 3.39. The lowest BCUT2D eigenvalue weighted by molar-refractivity contribution is -0.109. The first kappa shape index (κ1) is 16.7. The molecule has 0 bridgehead atoms. The number of nitrogens with zero attached hydrogens (tertiary/aromatic N) is 1. The van der Waals surface area contributed by atoms with Gasteiger partial charge in [0.15, 0.2) is 0 Å². The number of rotatable bonds is 3. The highest BCUT2D eigenvalue weighted by Crippen LogP contribution is 2.36. The molecule has 0 spiro atoms. The Hall–Kier alpha value is 0.340. The second-order valence-electron chi connectivity index (χ2n) is 5.47. The number of hydrogen-bond donors (Lipinski definition) is 0. The van der Waals surface area contributed by atoms with E-state index in [1.54, 1.807) is 6.07 Å². The zero-order valence-corrected chi connectivity index (χ0v) is 15.5. The molecule has 1 aliphatic heterocycles. The molecule has 0 N–H and O–H groups in total. The lowest BCUT2D eigenvalue weighted by Crippen LogP contribution is -2.53. The number of ether oxygens (including phenoxy) is 1. The van der Waals surface area contributed by atoms with Gasteiger partial charge in [-0.1, -0.05) is 0 Å². The topological polar surface area (TPSA) is 46.6 Å². The maximum absolute atomic E-state index is 12.8. The van der Waals surface area contributed by atoms with Crippen LogP contribution in [0.5, 0.6) is 0 Å². The van der Waals surface area contributed by atoms with E-state index >= 15 is 0 Å². The van der Waals surface area contributed by atoms with Crippen molar-refractivity contribution in [3.05, 3.63) is 14.7 Å². The SMILES string of the molecule is CC1CN(S(=O)(=O)c2cc(CCl)sc2Br)CC(C)(C)O1. The van der Waals surface area contributed by atoms with Crippen LogP contribution in [0.4, 0.5) is 0 Å². The standard InChI is InChI=1S/C12H17BrClNO3S2/c1-8-6-15(7-12(2,3)18-8)20(16,17)10-4-9(5-14)19-11(10)13/h4,8H,5-7H2,1-3H3. The van der Waals surface area contributed by atoms with Gasteiger partial charge >= 0.3 is 0 Å². The third-order valence-corrected chi connectivity index (χ3v) is 7.50. The van der Waals surface area contributed by atoms with Gasteiger partial charge in [0.25, 0.3) is 0 Å². The highest BCUT2D eigenvalue weighted by atomic mass is 79.9. The summed E-state index contributed by atoms with van der Waals surface area (Å²) in [5.74, 6) is 0.309. The van der Waals surface area contributed by atoms with Gasteiger partial charge in [-0.25, -0.2) is 8.42 Å². The molecule has 8 heteroatoms. The van der Waals surface area contributed by atoms with Gasteiger partial charge in [-0.3, -0.25) is 0 Å². The van der Waals surface area contributed by atoms with Crippen molar-refractivity contribution in [2.45, 2.75) is 43.3 Å². The molecule has 1 aliphatic rings.